The molecule has 0 radical (unpaired) electrons. The van der Waals surface area contributed by atoms with E-state index in [0.717, 1.165) is 24.9 Å². The van der Waals surface area contributed by atoms with Crippen LogP contribution in [0.15, 0.2) is 30.5 Å². The van der Waals surface area contributed by atoms with Crippen molar-refractivity contribution in [2.24, 2.45) is 0 Å². The van der Waals surface area contributed by atoms with Crippen molar-refractivity contribution in [1.29, 1.82) is 0 Å². The Hall–Kier alpha value is -3.53. The van der Waals surface area contributed by atoms with Gasteiger partial charge in [0, 0.05) is 18.2 Å². The second kappa shape index (κ2) is 9.52. The Labute approximate surface area is 181 Å². The first-order valence-electron chi connectivity index (χ1n) is 8.80. The number of nitrogens with zero attached hydrogens (tertiary/aromatic N) is 3. The Morgan fingerprint density at radius 1 is 1.13 bits per heavy atom. The summed E-state index contributed by atoms with van der Waals surface area (Å²) in [5.41, 5.74) is -0.398. The maximum absolute atomic E-state index is 14.7. The summed E-state index contributed by atoms with van der Waals surface area (Å²) < 4.78 is 44.2. The topological polar surface area (TPSA) is 95.5 Å². The van der Waals surface area contributed by atoms with E-state index in [1.165, 1.54) is 14.2 Å². The molecule has 8 nitrogen and oxygen atoms in total. The molecule has 31 heavy (non-hydrogen) atoms. The molecule has 11 heteroatoms. The number of pyridine rings is 1. The van der Waals surface area contributed by atoms with Gasteiger partial charge in [-0.1, -0.05) is 11.6 Å². The number of methoxy groups -OCH3 is 3. The summed E-state index contributed by atoms with van der Waals surface area (Å²) in [6.07, 6.45) is 1.11. The van der Waals surface area contributed by atoms with E-state index < -0.39 is 29.0 Å². The zero-order chi connectivity index (χ0) is 22.5. The van der Waals surface area contributed by atoms with Gasteiger partial charge in [0.2, 0.25) is 0 Å². The molecule has 2 heterocycles. The number of anilines is 1. The van der Waals surface area contributed by atoms with E-state index in [-0.39, 0.29) is 23.2 Å². The molecule has 1 N–H and O–H groups in total. The smallest absolute Gasteiger partial charge is 0.341 e. The Bertz CT molecular complexity index is 1130. The van der Waals surface area contributed by atoms with E-state index in [0.29, 0.717) is 11.5 Å². The second-order valence-corrected chi connectivity index (χ2v) is 6.46. The highest BCUT2D eigenvalue weighted by Gasteiger charge is 2.22. The van der Waals surface area contributed by atoms with Crippen molar-refractivity contribution in [3.05, 3.63) is 58.5 Å². The van der Waals surface area contributed by atoms with Crippen LogP contribution in [0.5, 0.6) is 11.5 Å². The molecule has 0 aliphatic rings. The molecule has 2 aromatic heterocycles. The average molecular weight is 451 g/mol. The number of carbonyl (C=O) groups excluding carboxylic acids is 1. The Morgan fingerprint density at radius 3 is 2.55 bits per heavy atom. The molecular formula is C20H17ClF2N4O4. The number of ether oxygens (including phenoxy) is 3. The first kappa shape index (κ1) is 22.2. The molecule has 0 saturated carbocycles. The summed E-state index contributed by atoms with van der Waals surface area (Å²) >= 11 is 5.85. The predicted octanol–water partition coefficient (Wildman–Crippen LogP) is 3.89. The van der Waals surface area contributed by atoms with E-state index in [2.05, 4.69) is 25.0 Å². The van der Waals surface area contributed by atoms with Crippen molar-refractivity contribution in [3.63, 3.8) is 0 Å². The molecule has 3 rings (SSSR count). The number of halogens is 3. The molecule has 0 saturated heterocycles. The lowest BCUT2D eigenvalue weighted by Gasteiger charge is -2.12. The molecule has 0 bridgehead atoms. The van der Waals surface area contributed by atoms with Gasteiger partial charge < -0.3 is 19.5 Å². The van der Waals surface area contributed by atoms with E-state index in [1.54, 1.807) is 18.2 Å². The monoisotopic (exact) mass is 450 g/mol. The van der Waals surface area contributed by atoms with Gasteiger partial charge in [0.05, 0.1) is 27.5 Å². The minimum Gasteiger partial charge on any atom is -0.497 e. The van der Waals surface area contributed by atoms with Gasteiger partial charge in [-0.2, -0.15) is 4.39 Å². The van der Waals surface area contributed by atoms with Crippen LogP contribution in [0.2, 0.25) is 5.15 Å². The lowest BCUT2D eigenvalue weighted by molar-refractivity contribution is 0.0595. The molecule has 3 aromatic rings. The fraction of sp³-hybridized carbons (Fsp3) is 0.200. The number of nitrogens with one attached hydrogen (secondary N) is 1. The first-order chi connectivity index (χ1) is 14.9. The minimum atomic E-state index is -1.05. The Kier molecular flexibility index (Phi) is 6.81. The van der Waals surface area contributed by atoms with Gasteiger partial charge in [0.1, 0.15) is 33.6 Å². The third-order valence-electron chi connectivity index (χ3n) is 4.24. The number of hydrogen-bond acceptors (Lipinski definition) is 8. The van der Waals surface area contributed by atoms with Crippen LogP contribution in [0.1, 0.15) is 15.9 Å². The highest BCUT2D eigenvalue weighted by molar-refractivity contribution is 6.29. The first-order valence-corrected chi connectivity index (χ1v) is 9.17. The highest BCUT2D eigenvalue weighted by atomic mass is 35.5. The lowest BCUT2D eigenvalue weighted by atomic mass is 10.1. The zero-order valence-corrected chi connectivity index (χ0v) is 17.5. The summed E-state index contributed by atoms with van der Waals surface area (Å²) in [7, 11) is 4.13. The summed E-state index contributed by atoms with van der Waals surface area (Å²) in [4.78, 5) is 23.1. The number of carbonyl (C=O) groups is 1. The van der Waals surface area contributed by atoms with Crippen molar-refractivity contribution in [3.8, 4) is 22.9 Å². The molecule has 0 atom stereocenters. The SMILES string of the molecule is COC(=O)c1cc(Cl)nc(-c2cnc(NCc3ccc(OC)cc3OC)c(F)n2)c1F. The molecule has 0 aliphatic heterocycles. The average Bonchev–Trinajstić information content (AvgIpc) is 2.78. The van der Waals surface area contributed by atoms with Gasteiger partial charge in [0.15, 0.2) is 11.6 Å². The third kappa shape index (κ3) is 4.80. The minimum absolute atomic E-state index is 0.169. The molecule has 0 amide bonds. The van der Waals surface area contributed by atoms with Crippen molar-refractivity contribution in [1.82, 2.24) is 15.0 Å². The molecule has 162 valence electrons. The molecule has 0 aliphatic carbocycles. The number of esters is 1. The number of rotatable bonds is 7. The van der Waals surface area contributed by atoms with Crippen molar-refractivity contribution in [2.75, 3.05) is 26.6 Å². The maximum Gasteiger partial charge on any atom is 0.341 e. The standard InChI is InChI=1S/C20H17ClF2N4O4/c1-29-11-5-4-10(14(6-11)30-2)8-24-19-18(23)26-13(9-25-19)17-16(22)12(20(28)31-3)7-15(21)27-17/h4-7,9H,8H2,1-3H3,(H,24,25). The largest absolute Gasteiger partial charge is 0.497 e. The van der Waals surface area contributed by atoms with E-state index in [9.17, 15) is 13.6 Å². The van der Waals surface area contributed by atoms with Gasteiger partial charge in [-0.3, -0.25) is 0 Å². The normalized spacial score (nSPS) is 10.5. The van der Waals surface area contributed by atoms with Crippen LogP contribution in [0, 0.1) is 11.8 Å². The fourth-order valence-corrected chi connectivity index (χ4v) is 2.90. The molecule has 0 spiro atoms. The summed E-state index contributed by atoms with van der Waals surface area (Å²) in [6.45, 7) is 0.175. The van der Waals surface area contributed by atoms with Crippen molar-refractivity contribution < 1.29 is 27.8 Å². The van der Waals surface area contributed by atoms with Crippen LogP contribution in [-0.2, 0) is 11.3 Å². The predicted molar refractivity (Wildman–Crippen MR) is 108 cm³/mol. The molecule has 0 unspecified atom stereocenters. The quantitative estimate of drug-likeness (QED) is 0.428. The Morgan fingerprint density at radius 2 is 1.90 bits per heavy atom. The summed E-state index contributed by atoms with van der Waals surface area (Å²) in [5, 5.41) is 2.61. The summed E-state index contributed by atoms with van der Waals surface area (Å²) in [5.74, 6) is -2.02. The van der Waals surface area contributed by atoms with Crippen LogP contribution in [0.4, 0.5) is 14.6 Å². The van der Waals surface area contributed by atoms with Gasteiger partial charge in [-0.15, -0.1) is 0 Å². The number of hydrogen-bond donors (Lipinski definition) is 1. The molecule has 0 fully saturated rings. The van der Waals surface area contributed by atoms with Crippen molar-refractivity contribution >= 4 is 23.4 Å². The Balaban J connectivity index is 1.86. The molecular weight excluding hydrogens is 434 g/mol. The van der Waals surface area contributed by atoms with Gasteiger partial charge in [0.25, 0.3) is 5.95 Å². The zero-order valence-electron chi connectivity index (χ0n) is 16.7. The van der Waals surface area contributed by atoms with Crippen LogP contribution >= 0.6 is 11.6 Å². The lowest BCUT2D eigenvalue weighted by Crippen LogP contribution is -2.09. The maximum atomic E-state index is 14.7. The van der Waals surface area contributed by atoms with Crippen LogP contribution < -0.4 is 14.8 Å². The van der Waals surface area contributed by atoms with Gasteiger partial charge in [-0.05, 0) is 18.2 Å². The van der Waals surface area contributed by atoms with Gasteiger partial charge >= 0.3 is 5.97 Å². The highest BCUT2D eigenvalue weighted by Crippen LogP contribution is 2.27. The van der Waals surface area contributed by atoms with Crippen LogP contribution in [-0.4, -0.2) is 42.3 Å². The fourth-order valence-electron chi connectivity index (χ4n) is 2.70. The van der Waals surface area contributed by atoms with E-state index in [1.807, 2.05) is 0 Å². The number of benzene rings is 1. The van der Waals surface area contributed by atoms with Crippen molar-refractivity contribution in [2.45, 2.75) is 6.54 Å². The van der Waals surface area contributed by atoms with E-state index in [4.69, 9.17) is 21.1 Å². The second-order valence-electron chi connectivity index (χ2n) is 6.07. The van der Waals surface area contributed by atoms with Crippen LogP contribution in [0.3, 0.4) is 0 Å². The van der Waals surface area contributed by atoms with Gasteiger partial charge in [-0.25, -0.2) is 24.1 Å². The number of aromatic nitrogens is 3. The summed E-state index contributed by atoms with van der Waals surface area (Å²) in [6, 6.07) is 6.18. The van der Waals surface area contributed by atoms with Crippen LogP contribution in [0.25, 0.3) is 11.4 Å². The van der Waals surface area contributed by atoms with E-state index >= 15 is 0 Å². The molecule has 1 aromatic carbocycles. The third-order valence-corrected chi connectivity index (χ3v) is 4.44.